The number of nitrogens with zero attached hydrogens (tertiary/aromatic N) is 2. The third kappa shape index (κ3) is 3.22. The van der Waals surface area contributed by atoms with Gasteiger partial charge in [-0.05, 0) is 24.3 Å². The van der Waals surface area contributed by atoms with E-state index in [0.717, 1.165) is 24.3 Å². The van der Waals surface area contributed by atoms with E-state index < -0.39 is 24.3 Å². The summed E-state index contributed by atoms with van der Waals surface area (Å²) in [5, 5.41) is 0. The van der Waals surface area contributed by atoms with Crippen molar-refractivity contribution in [2.75, 3.05) is 0 Å². The Hall–Kier alpha value is -2.51. The van der Waals surface area contributed by atoms with Gasteiger partial charge in [0, 0.05) is 11.8 Å². The lowest BCUT2D eigenvalue weighted by Crippen LogP contribution is -2.14. The molecule has 24 heavy (non-hydrogen) atoms. The first-order valence-corrected chi connectivity index (χ1v) is 6.85. The van der Waals surface area contributed by atoms with Crippen molar-refractivity contribution in [3.63, 3.8) is 0 Å². The summed E-state index contributed by atoms with van der Waals surface area (Å²) in [5.74, 6) is 0. The Morgan fingerprint density at radius 1 is 0.875 bits per heavy atom. The summed E-state index contributed by atoms with van der Waals surface area (Å²) in [6.45, 7) is 0. The summed E-state index contributed by atoms with van der Waals surface area (Å²) in [5.41, 5.74) is -0.463. The average Bonchev–Trinajstić information content (AvgIpc) is 2.84. The first-order valence-electron chi connectivity index (χ1n) is 6.85. The Morgan fingerprint density at radius 2 is 1.54 bits per heavy atom. The Kier molecular flexibility index (Phi) is 3.77. The highest BCUT2D eigenvalue weighted by atomic mass is 19.4. The van der Waals surface area contributed by atoms with E-state index in [0.29, 0.717) is 5.65 Å². The molecule has 0 radical (unpaired) electrons. The number of aromatic nitrogens is 2. The standard InChI is InChI=1S/C16H10F6N2/c17-15(18,19)9-12-14(23-13-3-1-2-8-24(12)13)10-4-6-11(7-5-10)16(20,21)22/h1-8H,9H2. The molecule has 0 aliphatic rings. The second-order valence-corrected chi connectivity index (χ2v) is 5.20. The molecule has 3 rings (SSSR count). The highest BCUT2D eigenvalue weighted by Gasteiger charge is 2.33. The molecule has 0 fully saturated rings. The molecule has 8 heteroatoms. The normalized spacial score (nSPS) is 12.8. The second kappa shape index (κ2) is 5.54. The van der Waals surface area contributed by atoms with Crippen molar-refractivity contribution >= 4 is 5.65 Å². The van der Waals surface area contributed by atoms with Gasteiger partial charge in [-0.3, -0.25) is 0 Å². The minimum atomic E-state index is -4.51. The topological polar surface area (TPSA) is 17.3 Å². The molecule has 3 aromatic rings. The molecule has 0 spiro atoms. The zero-order chi connectivity index (χ0) is 17.5. The van der Waals surface area contributed by atoms with E-state index in [9.17, 15) is 26.3 Å². The van der Waals surface area contributed by atoms with Gasteiger partial charge >= 0.3 is 12.4 Å². The first-order chi connectivity index (χ1) is 11.1. The van der Waals surface area contributed by atoms with E-state index in [1.165, 1.54) is 16.7 Å². The van der Waals surface area contributed by atoms with Gasteiger partial charge in [-0.15, -0.1) is 0 Å². The molecule has 0 bridgehead atoms. The lowest BCUT2D eigenvalue weighted by atomic mass is 10.1. The molecule has 0 amide bonds. The Bertz CT molecular complexity index is 859. The van der Waals surface area contributed by atoms with E-state index >= 15 is 0 Å². The van der Waals surface area contributed by atoms with Crippen LogP contribution in [0.2, 0.25) is 0 Å². The summed E-state index contributed by atoms with van der Waals surface area (Å²) in [6.07, 6.45) is -8.76. The summed E-state index contributed by atoms with van der Waals surface area (Å²) in [7, 11) is 0. The lowest BCUT2D eigenvalue weighted by molar-refractivity contribution is -0.137. The molecule has 1 aromatic carbocycles. The van der Waals surface area contributed by atoms with Gasteiger partial charge in [0.1, 0.15) is 5.65 Å². The van der Waals surface area contributed by atoms with E-state index in [1.807, 2.05) is 0 Å². The molecule has 0 unspecified atom stereocenters. The van der Waals surface area contributed by atoms with Gasteiger partial charge in [0.2, 0.25) is 0 Å². The lowest BCUT2D eigenvalue weighted by Gasteiger charge is -2.10. The molecule has 0 aliphatic carbocycles. The van der Waals surface area contributed by atoms with E-state index in [-0.39, 0.29) is 17.0 Å². The van der Waals surface area contributed by atoms with E-state index in [4.69, 9.17) is 0 Å². The van der Waals surface area contributed by atoms with Crippen LogP contribution in [0.15, 0.2) is 48.7 Å². The molecular weight excluding hydrogens is 334 g/mol. The van der Waals surface area contributed by atoms with E-state index in [2.05, 4.69) is 4.98 Å². The molecule has 126 valence electrons. The highest BCUT2D eigenvalue weighted by Crippen LogP contribution is 2.33. The fourth-order valence-electron chi connectivity index (χ4n) is 2.45. The zero-order valence-electron chi connectivity index (χ0n) is 12.0. The third-order valence-corrected chi connectivity index (χ3v) is 3.48. The quantitative estimate of drug-likeness (QED) is 0.590. The SMILES string of the molecule is FC(F)(F)Cc1c(-c2ccc(C(F)(F)F)cc2)nc2ccccn12. The maximum absolute atomic E-state index is 12.9. The summed E-state index contributed by atoms with van der Waals surface area (Å²) in [6, 6.07) is 8.64. The predicted molar refractivity (Wildman–Crippen MR) is 75.4 cm³/mol. The molecule has 0 aliphatic heterocycles. The highest BCUT2D eigenvalue weighted by molar-refractivity contribution is 5.67. The number of pyridine rings is 1. The minimum absolute atomic E-state index is 0.0206. The molecule has 0 saturated carbocycles. The number of benzene rings is 1. The number of hydrogen-bond acceptors (Lipinski definition) is 1. The van der Waals surface area contributed by atoms with Crippen molar-refractivity contribution in [1.82, 2.24) is 9.38 Å². The van der Waals surface area contributed by atoms with Crippen molar-refractivity contribution in [2.24, 2.45) is 0 Å². The summed E-state index contributed by atoms with van der Waals surface area (Å²) in [4.78, 5) is 4.14. The van der Waals surface area contributed by atoms with Crippen LogP contribution in [0.5, 0.6) is 0 Å². The fraction of sp³-hybridized carbons (Fsp3) is 0.188. The van der Waals surface area contributed by atoms with Crippen LogP contribution in [-0.4, -0.2) is 15.6 Å². The first kappa shape index (κ1) is 16.4. The third-order valence-electron chi connectivity index (χ3n) is 3.48. The monoisotopic (exact) mass is 344 g/mol. The molecule has 2 aromatic heterocycles. The van der Waals surface area contributed by atoms with Crippen molar-refractivity contribution < 1.29 is 26.3 Å². The number of imidazole rings is 1. The van der Waals surface area contributed by atoms with Gasteiger partial charge in [0.05, 0.1) is 23.4 Å². The van der Waals surface area contributed by atoms with Crippen LogP contribution in [0.4, 0.5) is 26.3 Å². The van der Waals surface area contributed by atoms with Crippen molar-refractivity contribution in [3.05, 3.63) is 59.9 Å². The van der Waals surface area contributed by atoms with Gasteiger partial charge in [-0.1, -0.05) is 18.2 Å². The molecule has 0 N–H and O–H groups in total. The molecule has 2 nitrogen and oxygen atoms in total. The summed E-state index contributed by atoms with van der Waals surface area (Å²) >= 11 is 0. The van der Waals surface area contributed by atoms with Crippen LogP contribution in [0.1, 0.15) is 11.3 Å². The maximum Gasteiger partial charge on any atom is 0.416 e. The second-order valence-electron chi connectivity index (χ2n) is 5.20. The predicted octanol–water partition coefficient (Wildman–Crippen LogP) is 5.12. The molecule has 2 heterocycles. The Labute approximate surface area is 132 Å². The van der Waals surface area contributed by atoms with E-state index in [1.54, 1.807) is 12.1 Å². The number of halogens is 6. The number of alkyl halides is 6. The van der Waals surface area contributed by atoms with Gasteiger partial charge in [0.25, 0.3) is 0 Å². The van der Waals surface area contributed by atoms with Gasteiger partial charge in [0.15, 0.2) is 0 Å². The number of fused-ring (bicyclic) bond motifs is 1. The van der Waals surface area contributed by atoms with Crippen LogP contribution >= 0.6 is 0 Å². The van der Waals surface area contributed by atoms with Crippen LogP contribution < -0.4 is 0 Å². The molecular formula is C16H10F6N2. The van der Waals surface area contributed by atoms with Crippen molar-refractivity contribution in [3.8, 4) is 11.3 Å². The Morgan fingerprint density at radius 3 is 2.12 bits per heavy atom. The van der Waals surface area contributed by atoms with Crippen LogP contribution in [0.25, 0.3) is 16.9 Å². The van der Waals surface area contributed by atoms with Gasteiger partial charge < -0.3 is 4.40 Å². The average molecular weight is 344 g/mol. The summed E-state index contributed by atoms with van der Waals surface area (Å²) < 4.78 is 77.8. The largest absolute Gasteiger partial charge is 0.416 e. The number of rotatable bonds is 2. The zero-order valence-corrected chi connectivity index (χ0v) is 12.0. The smallest absolute Gasteiger partial charge is 0.303 e. The van der Waals surface area contributed by atoms with Crippen LogP contribution in [0.3, 0.4) is 0 Å². The van der Waals surface area contributed by atoms with Crippen LogP contribution in [-0.2, 0) is 12.6 Å². The van der Waals surface area contributed by atoms with Crippen molar-refractivity contribution in [1.29, 1.82) is 0 Å². The fourth-order valence-corrected chi connectivity index (χ4v) is 2.45. The molecule has 0 atom stereocenters. The number of hydrogen-bond donors (Lipinski definition) is 0. The maximum atomic E-state index is 12.9. The van der Waals surface area contributed by atoms with Gasteiger partial charge in [-0.2, -0.15) is 26.3 Å². The minimum Gasteiger partial charge on any atom is -0.303 e. The molecule has 0 saturated heterocycles. The van der Waals surface area contributed by atoms with Gasteiger partial charge in [-0.25, -0.2) is 4.98 Å². The van der Waals surface area contributed by atoms with Crippen LogP contribution in [0, 0.1) is 0 Å². The van der Waals surface area contributed by atoms with Crippen molar-refractivity contribution in [2.45, 2.75) is 18.8 Å². The Balaban J connectivity index is 2.13.